The fourth-order valence-corrected chi connectivity index (χ4v) is 3.46. The summed E-state index contributed by atoms with van der Waals surface area (Å²) in [5.74, 6) is -0.148. The van der Waals surface area contributed by atoms with E-state index in [1.165, 1.54) is 0 Å². The molecule has 2 heterocycles. The summed E-state index contributed by atoms with van der Waals surface area (Å²) in [6.45, 7) is 2.73. The van der Waals surface area contributed by atoms with Crippen molar-refractivity contribution in [2.45, 2.75) is 6.10 Å². The van der Waals surface area contributed by atoms with Gasteiger partial charge in [0.15, 0.2) is 0 Å². The number of amides is 1. The van der Waals surface area contributed by atoms with E-state index in [2.05, 4.69) is 15.6 Å². The Morgan fingerprint density at radius 2 is 2.08 bits per heavy atom. The van der Waals surface area contributed by atoms with E-state index in [4.69, 9.17) is 16.3 Å². The molecular weight excluding hydrogens is 350 g/mol. The summed E-state index contributed by atoms with van der Waals surface area (Å²) in [5.41, 5.74) is 3.26. The third-order valence-corrected chi connectivity index (χ3v) is 4.78. The lowest BCUT2D eigenvalue weighted by molar-refractivity contribution is 0.0287. The van der Waals surface area contributed by atoms with Gasteiger partial charge in [-0.2, -0.15) is 0 Å². The molecule has 1 atom stereocenters. The number of ether oxygens (including phenoxy) is 1. The molecule has 1 fully saturated rings. The molecule has 1 aromatic heterocycles. The van der Waals surface area contributed by atoms with Gasteiger partial charge in [-0.25, -0.2) is 0 Å². The molecule has 134 valence electrons. The van der Waals surface area contributed by atoms with Crippen LogP contribution in [0.25, 0.3) is 22.0 Å². The lowest BCUT2D eigenvalue weighted by Crippen LogP contribution is -2.45. The molecule has 2 aromatic carbocycles. The lowest BCUT2D eigenvalue weighted by atomic mass is 10.0. The van der Waals surface area contributed by atoms with Crippen LogP contribution in [0.1, 0.15) is 10.5 Å². The third-order valence-electron chi connectivity index (χ3n) is 4.54. The van der Waals surface area contributed by atoms with Crippen molar-refractivity contribution in [1.29, 1.82) is 0 Å². The molecule has 1 amide bonds. The first-order chi connectivity index (χ1) is 12.7. The van der Waals surface area contributed by atoms with Crippen molar-refractivity contribution in [2.75, 3.05) is 26.2 Å². The van der Waals surface area contributed by atoms with Crippen LogP contribution in [0.2, 0.25) is 5.02 Å². The molecule has 0 unspecified atom stereocenters. The number of halogens is 1. The average Bonchev–Trinajstić information content (AvgIpc) is 3.06. The maximum absolute atomic E-state index is 12.9. The summed E-state index contributed by atoms with van der Waals surface area (Å²) in [6.07, 6.45) is -0.00769. The molecule has 0 aliphatic carbocycles. The van der Waals surface area contributed by atoms with Crippen molar-refractivity contribution in [1.82, 2.24) is 15.6 Å². The van der Waals surface area contributed by atoms with Gasteiger partial charge in [0.2, 0.25) is 0 Å². The van der Waals surface area contributed by atoms with E-state index >= 15 is 0 Å². The van der Waals surface area contributed by atoms with Gasteiger partial charge in [0, 0.05) is 41.1 Å². The summed E-state index contributed by atoms with van der Waals surface area (Å²) in [6, 6.07) is 15.5. The van der Waals surface area contributed by atoms with Gasteiger partial charge < -0.3 is 20.4 Å². The molecule has 3 N–H and O–H groups in total. The quantitative estimate of drug-likeness (QED) is 0.661. The largest absolute Gasteiger partial charge is 0.374 e. The Labute approximate surface area is 156 Å². The van der Waals surface area contributed by atoms with Crippen LogP contribution in [0.3, 0.4) is 0 Å². The standard InChI is InChI=1S/C20H20ClN3O2/c21-14-6-7-17-16(10-14)18(13-4-2-1-3-5-13)19(24-17)20(25)23-12-15-11-22-8-9-26-15/h1-7,10,15,22,24H,8-9,11-12H2,(H,23,25)/t15-/m0/s1. The van der Waals surface area contributed by atoms with E-state index in [-0.39, 0.29) is 12.0 Å². The number of fused-ring (bicyclic) bond motifs is 1. The number of benzene rings is 2. The SMILES string of the molecule is O=C(NC[C@@H]1CNCCO1)c1[nH]c2ccc(Cl)cc2c1-c1ccccc1. The van der Waals surface area contributed by atoms with Crippen LogP contribution in [-0.4, -0.2) is 43.2 Å². The van der Waals surface area contributed by atoms with Crippen LogP contribution < -0.4 is 10.6 Å². The van der Waals surface area contributed by atoms with E-state index in [1.807, 2.05) is 48.5 Å². The summed E-state index contributed by atoms with van der Waals surface area (Å²) in [5, 5.41) is 7.83. The Morgan fingerprint density at radius 1 is 1.23 bits per heavy atom. The van der Waals surface area contributed by atoms with Crippen LogP contribution in [0, 0.1) is 0 Å². The van der Waals surface area contributed by atoms with Crippen LogP contribution in [-0.2, 0) is 4.74 Å². The van der Waals surface area contributed by atoms with Crippen molar-refractivity contribution in [2.24, 2.45) is 0 Å². The molecule has 0 radical (unpaired) electrons. The lowest BCUT2D eigenvalue weighted by Gasteiger charge is -2.23. The molecule has 6 heteroatoms. The Balaban J connectivity index is 1.68. The zero-order chi connectivity index (χ0) is 17.9. The van der Waals surface area contributed by atoms with Crippen LogP contribution in [0.4, 0.5) is 0 Å². The highest BCUT2D eigenvalue weighted by Gasteiger charge is 2.21. The van der Waals surface area contributed by atoms with Crippen molar-refractivity contribution >= 4 is 28.4 Å². The topological polar surface area (TPSA) is 66.2 Å². The first-order valence-electron chi connectivity index (χ1n) is 8.69. The Kier molecular flexibility index (Phi) is 4.93. The van der Waals surface area contributed by atoms with E-state index in [1.54, 1.807) is 0 Å². The van der Waals surface area contributed by atoms with Crippen molar-refractivity contribution in [3.63, 3.8) is 0 Å². The van der Waals surface area contributed by atoms with Crippen LogP contribution in [0.15, 0.2) is 48.5 Å². The molecule has 0 saturated carbocycles. The van der Waals surface area contributed by atoms with Crippen molar-refractivity contribution < 1.29 is 9.53 Å². The van der Waals surface area contributed by atoms with E-state index in [0.29, 0.717) is 23.9 Å². The van der Waals surface area contributed by atoms with Gasteiger partial charge in [-0.3, -0.25) is 4.79 Å². The predicted octanol–water partition coefficient (Wildman–Crippen LogP) is 3.21. The van der Waals surface area contributed by atoms with Gasteiger partial charge in [0.25, 0.3) is 5.91 Å². The normalized spacial score (nSPS) is 17.3. The molecule has 0 spiro atoms. The van der Waals surface area contributed by atoms with E-state index in [9.17, 15) is 4.79 Å². The number of aromatic amines is 1. The van der Waals surface area contributed by atoms with Gasteiger partial charge in [-0.15, -0.1) is 0 Å². The fourth-order valence-electron chi connectivity index (χ4n) is 3.28. The molecule has 3 aromatic rings. The Bertz CT molecular complexity index is 917. The molecule has 4 rings (SSSR count). The zero-order valence-electron chi connectivity index (χ0n) is 14.2. The molecule has 0 bridgehead atoms. The van der Waals surface area contributed by atoms with E-state index in [0.717, 1.165) is 35.1 Å². The Hall–Kier alpha value is -2.34. The number of aromatic nitrogens is 1. The number of morpholine rings is 1. The minimum absolute atomic E-state index is 0.00769. The van der Waals surface area contributed by atoms with Gasteiger partial charge in [0.05, 0.1) is 12.7 Å². The number of carbonyl (C=O) groups is 1. The third kappa shape index (κ3) is 3.46. The number of rotatable bonds is 4. The maximum Gasteiger partial charge on any atom is 0.268 e. The number of hydrogen-bond acceptors (Lipinski definition) is 3. The maximum atomic E-state index is 12.9. The second-order valence-corrected chi connectivity index (χ2v) is 6.77. The predicted molar refractivity (Wildman–Crippen MR) is 104 cm³/mol. The van der Waals surface area contributed by atoms with E-state index < -0.39 is 0 Å². The van der Waals surface area contributed by atoms with Crippen molar-refractivity contribution in [3.8, 4) is 11.1 Å². The Morgan fingerprint density at radius 3 is 2.85 bits per heavy atom. The smallest absolute Gasteiger partial charge is 0.268 e. The van der Waals surface area contributed by atoms with Crippen molar-refractivity contribution in [3.05, 3.63) is 59.2 Å². The summed E-state index contributed by atoms with van der Waals surface area (Å²) >= 11 is 6.19. The number of carbonyl (C=O) groups excluding carboxylic acids is 1. The number of hydrogen-bond donors (Lipinski definition) is 3. The minimum Gasteiger partial charge on any atom is -0.374 e. The van der Waals surface area contributed by atoms with Crippen LogP contribution in [0.5, 0.6) is 0 Å². The van der Waals surface area contributed by atoms with Gasteiger partial charge in [-0.05, 0) is 23.8 Å². The highest BCUT2D eigenvalue weighted by molar-refractivity contribution is 6.31. The highest BCUT2D eigenvalue weighted by atomic mass is 35.5. The molecule has 1 aliphatic heterocycles. The highest BCUT2D eigenvalue weighted by Crippen LogP contribution is 2.34. The zero-order valence-corrected chi connectivity index (χ0v) is 15.0. The molecule has 26 heavy (non-hydrogen) atoms. The monoisotopic (exact) mass is 369 g/mol. The minimum atomic E-state index is -0.148. The first kappa shape index (κ1) is 17.1. The first-order valence-corrected chi connectivity index (χ1v) is 9.07. The second kappa shape index (κ2) is 7.50. The molecule has 1 aliphatic rings. The second-order valence-electron chi connectivity index (χ2n) is 6.34. The van der Waals surface area contributed by atoms with Gasteiger partial charge >= 0.3 is 0 Å². The molecular formula is C20H20ClN3O2. The summed E-state index contributed by atoms with van der Waals surface area (Å²) < 4.78 is 5.65. The summed E-state index contributed by atoms with van der Waals surface area (Å²) in [7, 11) is 0. The fraction of sp³-hybridized carbons (Fsp3) is 0.250. The summed E-state index contributed by atoms with van der Waals surface area (Å²) in [4.78, 5) is 16.1. The van der Waals surface area contributed by atoms with Gasteiger partial charge in [0.1, 0.15) is 5.69 Å². The molecule has 1 saturated heterocycles. The van der Waals surface area contributed by atoms with Gasteiger partial charge in [-0.1, -0.05) is 41.9 Å². The van der Waals surface area contributed by atoms with Crippen LogP contribution >= 0.6 is 11.6 Å². The average molecular weight is 370 g/mol. The number of H-pyrrole nitrogens is 1. The number of nitrogens with one attached hydrogen (secondary N) is 3. The molecule has 5 nitrogen and oxygen atoms in total.